The van der Waals surface area contributed by atoms with Crippen LogP contribution in [0.4, 0.5) is 0 Å². The molecule has 0 bridgehead atoms. The van der Waals surface area contributed by atoms with Crippen molar-refractivity contribution in [1.29, 1.82) is 0 Å². The number of nitrogens with one attached hydrogen (secondary N) is 1. The van der Waals surface area contributed by atoms with E-state index in [0.29, 0.717) is 25.8 Å². The molecule has 0 radical (unpaired) electrons. The van der Waals surface area contributed by atoms with Crippen molar-refractivity contribution in [2.75, 3.05) is 13.1 Å². The van der Waals surface area contributed by atoms with Crippen LogP contribution in [0.1, 0.15) is 25.5 Å². The zero-order valence-corrected chi connectivity index (χ0v) is 16.4. The van der Waals surface area contributed by atoms with E-state index in [1.165, 1.54) is 21.4 Å². The predicted molar refractivity (Wildman–Crippen MR) is 100 cm³/mol. The van der Waals surface area contributed by atoms with Crippen LogP contribution in [0.2, 0.25) is 0 Å². The third-order valence-electron chi connectivity index (χ3n) is 4.70. The normalized spacial score (nSPS) is 19.6. The van der Waals surface area contributed by atoms with Crippen LogP contribution < -0.4 is 5.32 Å². The molecule has 8 nitrogen and oxygen atoms in total. The van der Waals surface area contributed by atoms with Gasteiger partial charge >= 0.3 is 0 Å². The number of aryl methyl sites for hydroxylation is 1. The standard InChI is InChI=1S/C18H25N5O3S/c1-14(10-16-7-3-4-8-19-16)21-18(24)15-6-5-9-23(12-15)27(25,26)17-11-20-22(2)13-17/h3-4,7-8,11,13-15H,5-6,9-10,12H2,1-2H3,(H,21,24)/t14-,15+/m1/s1. The summed E-state index contributed by atoms with van der Waals surface area (Å²) in [6.07, 6.45) is 6.53. The van der Waals surface area contributed by atoms with Gasteiger partial charge in [0.05, 0.1) is 12.1 Å². The predicted octanol–water partition coefficient (Wildman–Crippen LogP) is 0.963. The molecule has 0 aromatic carbocycles. The van der Waals surface area contributed by atoms with E-state index in [2.05, 4.69) is 15.4 Å². The highest BCUT2D eigenvalue weighted by molar-refractivity contribution is 7.89. The van der Waals surface area contributed by atoms with Crippen LogP contribution >= 0.6 is 0 Å². The molecule has 1 fully saturated rings. The first-order chi connectivity index (χ1) is 12.9. The number of sulfonamides is 1. The molecule has 0 unspecified atom stereocenters. The molecule has 2 atom stereocenters. The van der Waals surface area contributed by atoms with Gasteiger partial charge in [0.25, 0.3) is 0 Å². The number of hydrogen-bond acceptors (Lipinski definition) is 5. The van der Waals surface area contributed by atoms with Gasteiger partial charge < -0.3 is 5.32 Å². The molecule has 9 heteroatoms. The van der Waals surface area contributed by atoms with Crippen LogP contribution in [0.15, 0.2) is 41.7 Å². The number of carbonyl (C=O) groups is 1. The maximum atomic E-state index is 12.8. The molecule has 3 rings (SSSR count). The molecule has 1 amide bonds. The van der Waals surface area contributed by atoms with Crippen LogP contribution in [-0.4, -0.2) is 52.5 Å². The van der Waals surface area contributed by atoms with Crippen molar-refractivity contribution in [2.45, 2.75) is 37.1 Å². The lowest BCUT2D eigenvalue weighted by molar-refractivity contribution is -0.126. The van der Waals surface area contributed by atoms with Gasteiger partial charge in [0.15, 0.2) is 0 Å². The number of aromatic nitrogens is 3. The average molecular weight is 391 g/mol. The Kier molecular flexibility index (Phi) is 5.91. The molecule has 146 valence electrons. The third kappa shape index (κ3) is 4.72. The fraction of sp³-hybridized carbons (Fsp3) is 0.500. The highest BCUT2D eigenvalue weighted by atomic mass is 32.2. The zero-order chi connectivity index (χ0) is 19.4. The summed E-state index contributed by atoms with van der Waals surface area (Å²) in [6, 6.07) is 5.62. The molecule has 0 spiro atoms. The van der Waals surface area contributed by atoms with Gasteiger partial charge in [-0.15, -0.1) is 0 Å². The van der Waals surface area contributed by atoms with Gasteiger partial charge in [-0.2, -0.15) is 9.40 Å². The van der Waals surface area contributed by atoms with Gasteiger partial charge in [-0.3, -0.25) is 14.5 Å². The van der Waals surface area contributed by atoms with Crippen molar-refractivity contribution < 1.29 is 13.2 Å². The van der Waals surface area contributed by atoms with Crippen molar-refractivity contribution in [3.8, 4) is 0 Å². The molecule has 0 aliphatic carbocycles. The molecular formula is C18H25N5O3S. The Morgan fingerprint density at radius 3 is 2.89 bits per heavy atom. The molecule has 0 saturated carbocycles. The Morgan fingerprint density at radius 2 is 2.22 bits per heavy atom. The second kappa shape index (κ2) is 8.18. The molecule has 3 heterocycles. The summed E-state index contributed by atoms with van der Waals surface area (Å²) in [7, 11) is -1.95. The Hall–Kier alpha value is -2.26. The van der Waals surface area contributed by atoms with Gasteiger partial charge in [0.2, 0.25) is 15.9 Å². The van der Waals surface area contributed by atoms with E-state index in [4.69, 9.17) is 0 Å². The number of rotatable bonds is 6. The Morgan fingerprint density at radius 1 is 1.41 bits per heavy atom. The Labute approximate surface area is 159 Å². The molecular weight excluding hydrogens is 366 g/mol. The fourth-order valence-corrected chi connectivity index (χ4v) is 4.81. The van der Waals surface area contributed by atoms with Gasteiger partial charge in [0.1, 0.15) is 4.90 Å². The largest absolute Gasteiger partial charge is 0.353 e. The molecule has 2 aromatic heterocycles. The topological polar surface area (TPSA) is 97.2 Å². The average Bonchev–Trinajstić information content (AvgIpc) is 3.10. The SMILES string of the molecule is C[C@H](Cc1ccccn1)NC(=O)[C@H]1CCCN(S(=O)(=O)c2cnn(C)c2)C1. The molecule has 1 N–H and O–H groups in total. The van der Waals surface area contributed by atoms with Gasteiger partial charge in [0, 0.05) is 50.7 Å². The van der Waals surface area contributed by atoms with E-state index in [9.17, 15) is 13.2 Å². The monoisotopic (exact) mass is 391 g/mol. The van der Waals surface area contributed by atoms with Crippen LogP contribution in [0.3, 0.4) is 0 Å². The Balaban J connectivity index is 1.61. The quantitative estimate of drug-likeness (QED) is 0.791. The number of piperidine rings is 1. The molecule has 1 aliphatic heterocycles. The van der Waals surface area contributed by atoms with Gasteiger partial charge in [-0.25, -0.2) is 8.42 Å². The van der Waals surface area contributed by atoms with Crippen molar-refractivity contribution >= 4 is 15.9 Å². The van der Waals surface area contributed by atoms with Crippen molar-refractivity contribution in [1.82, 2.24) is 24.4 Å². The number of carbonyl (C=O) groups excluding carboxylic acids is 1. The number of pyridine rings is 1. The lowest BCUT2D eigenvalue weighted by Crippen LogP contribution is -2.47. The fourth-order valence-electron chi connectivity index (χ4n) is 3.30. The van der Waals surface area contributed by atoms with E-state index in [1.807, 2.05) is 25.1 Å². The van der Waals surface area contributed by atoms with E-state index in [1.54, 1.807) is 13.2 Å². The first-order valence-corrected chi connectivity index (χ1v) is 10.5. The third-order valence-corrected chi connectivity index (χ3v) is 6.52. The second-order valence-electron chi connectivity index (χ2n) is 6.99. The summed E-state index contributed by atoms with van der Waals surface area (Å²) < 4.78 is 28.4. The minimum atomic E-state index is -3.62. The summed E-state index contributed by atoms with van der Waals surface area (Å²) in [5, 5.41) is 6.93. The number of hydrogen-bond donors (Lipinski definition) is 1. The number of nitrogens with zero attached hydrogens (tertiary/aromatic N) is 4. The van der Waals surface area contributed by atoms with Crippen LogP contribution in [0, 0.1) is 5.92 Å². The lowest BCUT2D eigenvalue weighted by Gasteiger charge is -2.31. The lowest BCUT2D eigenvalue weighted by atomic mass is 9.98. The summed E-state index contributed by atoms with van der Waals surface area (Å²) in [5.41, 5.74) is 0.912. The first kappa shape index (κ1) is 19.5. The van der Waals surface area contributed by atoms with Gasteiger partial charge in [-0.1, -0.05) is 6.07 Å². The summed E-state index contributed by atoms with van der Waals surface area (Å²) in [4.78, 5) is 17.1. The van der Waals surface area contributed by atoms with Gasteiger partial charge in [-0.05, 0) is 31.9 Å². The minimum absolute atomic E-state index is 0.0716. The molecule has 1 aliphatic rings. The van der Waals surface area contributed by atoms with E-state index in [0.717, 1.165) is 5.69 Å². The maximum absolute atomic E-state index is 12.8. The van der Waals surface area contributed by atoms with Crippen LogP contribution in [-0.2, 0) is 28.3 Å². The highest BCUT2D eigenvalue weighted by Crippen LogP contribution is 2.23. The number of amides is 1. The van der Waals surface area contributed by atoms with E-state index in [-0.39, 0.29) is 29.3 Å². The summed E-state index contributed by atoms with van der Waals surface area (Å²) in [6.45, 7) is 2.55. The van der Waals surface area contributed by atoms with Crippen molar-refractivity contribution in [3.05, 3.63) is 42.5 Å². The summed E-state index contributed by atoms with van der Waals surface area (Å²) in [5.74, 6) is -0.458. The first-order valence-electron chi connectivity index (χ1n) is 9.05. The van der Waals surface area contributed by atoms with Crippen molar-refractivity contribution in [2.24, 2.45) is 13.0 Å². The molecule has 27 heavy (non-hydrogen) atoms. The smallest absolute Gasteiger partial charge is 0.246 e. The highest BCUT2D eigenvalue weighted by Gasteiger charge is 2.34. The maximum Gasteiger partial charge on any atom is 0.246 e. The Bertz CT molecular complexity index is 881. The second-order valence-corrected chi connectivity index (χ2v) is 8.92. The van der Waals surface area contributed by atoms with Crippen LogP contribution in [0.5, 0.6) is 0 Å². The molecule has 1 saturated heterocycles. The van der Waals surface area contributed by atoms with Crippen LogP contribution in [0.25, 0.3) is 0 Å². The van der Waals surface area contributed by atoms with E-state index >= 15 is 0 Å². The van der Waals surface area contributed by atoms with E-state index < -0.39 is 10.0 Å². The molecule has 2 aromatic rings. The summed E-state index contributed by atoms with van der Waals surface area (Å²) >= 11 is 0. The zero-order valence-electron chi connectivity index (χ0n) is 15.6. The van der Waals surface area contributed by atoms with Crippen molar-refractivity contribution in [3.63, 3.8) is 0 Å². The minimum Gasteiger partial charge on any atom is -0.353 e.